The van der Waals surface area contributed by atoms with Crippen molar-refractivity contribution in [2.75, 3.05) is 5.32 Å². The van der Waals surface area contributed by atoms with Crippen molar-refractivity contribution < 1.29 is 27.8 Å². The molecule has 5 nitrogen and oxygen atoms in total. The molecule has 3 aromatic carbocycles. The lowest BCUT2D eigenvalue weighted by Crippen LogP contribution is -2.30. The van der Waals surface area contributed by atoms with Crippen LogP contribution in [-0.4, -0.2) is 17.8 Å². The molecule has 0 aliphatic carbocycles. The quantitative estimate of drug-likeness (QED) is 0.507. The molecule has 0 fully saturated rings. The highest BCUT2D eigenvalue weighted by Crippen LogP contribution is 2.23. The zero-order chi connectivity index (χ0) is 22.4. The minimum absolute atomic E-state index is 0.00455. The fraction of sp³-hybridized carbons (Fsp3) is 0.167. The van der Waals surface area contributed by atoms with Crippen molar-refractivity contribution in [2.45, 2.75) is 26.6 Å². The molecule has 1 amide bonds. The van der Waals surface area contributed by atoms with Gasteiger partial charge in [-0.2, -0.15) is 0 Å². The van der Waals surface area contributed by atoms with E-state index >= 15 is 0 Å². The summed E-state index contributed by atoms with van der Waals surface area (Å²) in [5, 5.41) is 2.57. The Morgan fingerprint density at radius 1 is 1.00 bits per heavy atom. The third-order valence-electron chi connectivity index (χ3n) is 4.41. The number of ketones is 1. The van der Waals surface area contributed by atoms with Crippen LogP contribution in [0.2, 0.25) is 0 Å². The summed E-state index contributed by atoms with van der Waals surface area (Å²) in [7, 11) is 0. The van der Waals surface area contributed by atoms with Gasteiger partial charge in [-0.15, -0.1) is 0 Å². The van der Waals surface area contributed by atoms with E-state index in [1.54, 1.807) is 43.3 Å². The lowest BCUT2D eigenvalue weighted by molar-refractivity contribution is -0.122. The smallest absolute Gasteiger partial charge is 0.265 e. The van der Waals surface area contributed by atoms with Crippen LogP contribution in [0, 0.1) is 11.6 Å². The molecule has 160 valence electrons. The van der Waals surface area contributed by atoms with Crippen molar-refractivity contribution in [3.63, 3.8) is 0 Å². The maximum atomic E-state index is 14.3. The van der Waals surface area contributed by atoms with E-state index in [2.05, 4.69) is 5.32 Å². The largest absolute Gasteiger partial charge is 0.486 e. The molecule has 1 N–H and O–H groups in total. The van der Waals surface area contributed by atoms with Gasteiger partial charge in [0.25, 0.3) is 5.91 Å². The molecule has 0 heterocycles. The molecule has 0 aliphatic heterocycles. The molecule has 1 unspecified atom stereocenters. The second-order valence-electron chi connectivity index (χ2n) is 6.90. The van der Waals surface area contributed by atoms with Crippen molar-refractivity contribution in [1.29, 1.82) is 0 Å². The molecule has 0 spiro atoms. The van der Waals surface area contributed by atoms with Crippen molar-refractivity contribution in [1.82, 2.24) is 0 Å². The number of hydrogen-bond donors (Lipinski definition) is 1. The average molecular weight is 425 g/mol. The van der Waals surface area contributed by atoms with Crippen LogP contribution in [0.5, 0.6) is 11.5 Å². The van der Waals surface area contributed by atoms with E-state index in [4.69, 9.17) is 9.47 Å². The summed E-state index contributed by atoms with van der Waals surface area (Å²) in [4.78, 5) is 23.8. The van der Waals surface area contributed by atoms with Gasteiger partial charge < -0.3 is 14.8 Å². The van der Waals surface area contributed by atoms with E-state index < -0.39 is 23.6 Å². The molecule has 0 radical (unpaired) electrons. The number of hydrogen-bond acceptors (Lipinski definition) is 4. The number of anilines is 1. The lowest BCUT2D eigenvalue weighted by atomic mass is 10.1. The second-order valence-corrected chi connectivity index (χ2v) is 6.90. The highest BCUT2D eigenvalue weighted by atomic mass is 19.1. The van der Waals surface area contributed by atoms with Gasteiger partial charge in [0.1, 0.15) is 18.2 Å². The van der Waals surface area contributed by atoms with Crippen molar-refractivity contribution >= 4 is 17.4 Å². The number of carbonyl (C=O) groups is 2. The van der Waals surface area contributed by atoms with Crippen LogP contribution >= 0.6 is 0 Å². The number of halogens is 2. The van der Waals surface area contributed by atoms with Crippen LogP contribution in [0.25, 0.3) is 0 Å². The molecule has 3 rings (SSSR count). The van der Waals surface area contributed by atoms with Crippen LogP contribution in [0.3, 0.4) is 0 Å². The van der Waals surface area contributed by atoms with Gasteiger partial charge in [-0.05, 0) is 55.8 Å². The van der Waals surface area contributed by atoms with Crippen LogP contribution < -0.4 is 14.8 Å². The summed E-state index contributed by atoms with van der Waals surface area (Å²) in [6, 6.07) is 16.3. The van der Waals surface area contributed by atoms with Gasteiger partial charge in [-0.3, -0.25) is 9.59 Å². The SMILES string of the molecule is CC(=O)c1cccc(OC(C)C(=O)Nc2ccc(OCc3cccc(F)c3)c(F)c2)c1. The molecule has 31 heavy (non-hydrogen) atoms. The summed E-state index contributed by atoms with van der Waals surface area (Å²) in [5.74, 6) is -1.31. The zero-order valence-electron chi connectivity index (χ0n) is 17.0. The molecule has 1 atom stereocenters. The fourth-order valence-corrected chi connectivity index (χ4v) is 2.77. The first-order valence-electron chi connectivity index (χ1n) is 9.57. The van der Waals surface area contributed by atoms with Gasteiger partial charge in [0, 0.05) is 17.3 Å². The summed E-state index contributed by atoms with van der Waals surface area (Å²) in [6.45, 7) is 2.99. The number of Topliss-reactive ketones (excluding diaryl/α,β-unsaturated/α-hetero) is 1. The molecule has 3 aromatic rings. The van der Waals surface area contributed by atoms with Gasteiger partial charge in [0.05, 0.1) is 0 Å². The Kier molecular flexibility index (Phi) is 6.97. The predicted molar refractivity (Wildman–Crippen MR) is 112 cm³/mol. The molecule has 0 saturated heterocycles. The number of carbonyl (C=O) groups excluding carboxylic acids is 2. The predicted octanol–water partition coefficient (Wildman–Crippen LogP) is 5.15. The van der Waals surface area contributed by atoms with E-state index in [9.17, 15) is 18.4 Å². The summed E-state index contributed by atoms with van der Waals surface area (Å²) >= 11 is 0. The van der Waals surface area contributed by atoms with Gasteiger partial charge in [0.15, 0.2) is 23.5 Å². The second kappa shape index (κ2) is 9.84. The summed E-state index contributed by atoms with van der Waals surface area (Å²) in [6.07, 6.45) is -0.880. The summed E-state index contributed by atoms with van der Waals surface area (Å²) < 4.78 is 38.5. The Hall–Kier alpha value is -3.74. The molecular formula is C24H21F2NO4. The third-order valence-corrected chi connectivity index (χ3v) is 4.41. The van der Waals surface area contributed by atoms with E-state index in [0.29, 0.717) is 16.9 Å². The van der Waals surface area contributed by atoms with Crippen LogP contribution in [-0.2, 0) is 11.4 Å². The Balaban J connectivity index is 1.59. The molecule has 0 aromatic heterocycles. The standard InChI is InChI=1S/C24H21F2NO4/c1-15(28)18-6-4-8-21(12-18)31-16(2)24(29)27-20-9-10-23(22(26)13-20)30-14-17-5-3-7-19(25)11-17/h3-13,16H,14H2,1-2H3,(H,27,29). The number of ether oxygens (including phenoxy) is 2. The molecule has 7 heteroatoms. The van der Waals surface area contributed by atoms with Crippen LogP contribution in [0.1, 0.15) is 29.8 Å². The van der Waals surface area contributed by atoms with E-state index in [1.807, 2.05) is 0 Å². The topological polar surface area (TPSA) is 64.6 Å². The Labute approximate surface area is 178 Å². The molecule has 0 aliphatic rings. The monoisotopic (exact) mass is 425 g/mol. The highest BCUT2D eigenvalue weighted by molar-refractivity contribution is 5.95. The van der Waals surface area contributed by atoms with E-state index in [0.717, 1.165) is 6.07 Å². The van der Waals surface area contributed by atoms with Gasteiger partial charge in [-0.25, -0.2) is 8.78 Å². The lowest BCUT2D eigenvalue weighted by Gasteiger charge is -2.15. The minimum atomic E-state index is -0.880. The fourth-order valence-electron chi connectivity index (χ4n) is 2.77. The van der Waals surface area contributed by atoms with Crippen LogP contribution in [0.15, 0.2) is 66.7 Å². The number of rotatable bonds is 8. The van der Waals surface area contributed by atoms with E-state index in [-0.39, 0.29) is 23.8 Å². The maximum Gasteiger partial charge on any atom is 0.265 e. The molecule has 0 bridgehead atoms. The number of amides is 1. The number of benzene rings is 3. The average Bonchev–Trinajstić information content (AvgIpc) is 2.73. The first-order valence-corrected chi connectivity index (χ1v) is 9.57. The Morgan fingerprint density at radius 3 is 2.48 bits per heavy atom. The van der Waals surface area contributed by atoms with Crippen molar-refractivity contribution in [2.24, 2.45) is 0 Å². The first-order chi connectivity index (χ1) is 14.8. The van der Waals surface area contributed by atoms with Gasteiger partial charge in [-0.1, -0.05) is 24.3 Å². The molecule has 0 saturated carbocycles. The maximum absolute atomic E-state index is 14.3. The van der Waals surface area contributed by atoms with Crippen LogP contribution in [0.4, 0.5) is 14.5 Å². The number of nitrogens with one attached hydrogen (secondary N) is 1. The van der Waals surface area contributed by atoms with Crippen molar-refractivity contribution in [3.8, 4) is 11.5 Å². The summed E-state index contributed by atoms with van der Waals surface area (Å²) in [5.41, 5.74) is 1.27. The van der Waals surface area contributed by atoms with Gasteiger partial charge >= 0.3 is 0 Å². The Morgan fingerprint density at radius 2 is 1.77 bits per heavy atom. The molecular weight excluding hydrogens is 404 g/mol. The normalized spacial score (nSPS) is 11.5. The first kappa shape index (κ1) is 22.0. The third kappa shape index (κ3) is 6.12. The minimum Gasteiger partial charge on any atom is -0.486 e. The zero-order valence-corrected chi connectivity index (χ0v) is 17.0. The van der Waals surface area contributed by atoms with Crippen molar-refractivity contribution in [3.05, 3.63) is 89.5 Å². The highest BCUT2D eigenvalue weighted by Gasteiger charge is 2.16. The Bertz CT molecular complexity index is 1100. The van der Waals surface area contributed by atoms with E-state index in [1.165, 1.54) is 31.2 Å². The van der Waals surface area contributed by atoms with Gasteiger partial charge in [0.2, 0.25) is 0 Å².